The zero-order valence-corrected chi connectivity index (χ0v) is 23.3. The topological polar surface area (TPSA) is 49.4 Å². The average Bonchev–Trinajstić information content (AvgIpc) is 2.85. The summed E-state index contributed by atoms with van der Waals surface area (Å²) >= 11 is 19.9. The third-order valence-corrected chi connectivity index (χ3v) is 7.44. The molecular formula is C28H29Cl3N2O2S. The van der Waals surface area contributed by atoms with Gasteiger partial charge in [0, 0.05) is 41.1 Å². The minimum atomic E-state index is -0.683. The van der Waals surface area contributed by atoms with Gasteiger partial charge in [-0.2, -0.15) is 0 Å². The number of nitrogens with one attached hydrogen (secondary N) is 1. The molecule has 2 amide bonds. The zero-order chi connectivity index (χ0) is 26.1. The SMILES string of the molecule is CC(C)NC(=O)C(Cc1ccccc1)N(Cc1ccc(Cl)c(Cl)c1)C(=O)CCSc1ccc(Cl)cc1. The summed E-state index contributed by atoms with van der Waals surface area (Å²) in [7, 11) is 0. The summed E-state index contributed by atoms with van der Waals surface area (Å²) in [6, 6.07) is 21.8. The van der Waals surface area contributed by atoms with Crippen molar-refractivity contribution in [1.82, 2.24) is 10.2 Å². The number of halogens is 3. The van der Waals surface area contributed by atoms with E-state index in [-0.39, 0.29) is 30.8 Å². The molecule has 0 spiro atoms. The molecule has 1 unspecified atom stereocenters. The number of thioether (sulfide) groups is 1. The lowest BCUT2D eigenvalue weighted by atomic mass is 10.0. The van der Waals surface area contributed by atoms with Crippen LogP contribution in [0.25, 0.3) is 0 Å². The molecule has 1 N–H and O–H groups in total. The van der Waals surface area contributed by atoms with Crippen LogP contribution in [0.4, 0.5) is 0 Å². The second-order valence-electron chi connectivity index (χ2n) is 8.69. The fourth-order valence-electron chi connectivity index (χ4n) is 3.70. The Kier molecular flexibility index (Phi) is 11.0. The van der Waals surface area contributed by atoms with Gasteiger partial charge in [-0.05, 0) is 61.4 Å². The van der Waals surface area contributed by atoms with E-state index in [1.807, 2.05) is 74.5 Å². The number of carbonyl (C=O) groups is 2. The molecule has 0 radical (unpaired) electrons. The van der Waals surface area contributed by atoms with Crippen LogP contribution in [-0.4, -0.2) is 34.6 Å². The van der Waals surface area contributed by atoms with Crippen molar-refractivity contribution in [3.8, 4) is 0 Å². The molecule has 0 aliphatic rings. The number of hydrogen-bond donors (Lipinski definition) is 1. The lowest BCUT2D eigenvalue weighted by Crippen LogP contribution is -2.51. The van der Waals surface area contributed by atoms with E-state index in [9.17, 15) is 9.59 Å². The van der Waals surface area contributed by atoms with Gasteiger partial charge < -0.3 is 10.2 Å². The Morgan fingerprint density at radius 1 is 0.889 bits per heavy atom. The molecule has 0 bridgehead atoms. The number of rotatable bonds is 11. The Morgan fingerprint density at radius 3 is 2.22 bits per heavy atom. The predicted octanol–water partition coefficient (Wildman–Crippen LogP) is 7.29. The minimum absolute atomic E-state index is 0.0573. The smallest absolute Gasteiger partial charge is 0.243 e. The highest BCUT2D eigenvalue weighted by atomic mass is 35.5. The molecule has 0 fully saturated rings. The van der Waals surface area contributed by atoms with Gasteiger partial charge in [-0.3, -0.25) is 9.59 Å². The van der Waals surface area contributed by atoms with Crippen LogP contribution in [0.3, 0.4) is 0 Å². The second-order valence-corrected chi connectivity index (χ2v) is 11.1. The Labute approximate surface area is 232 Å². The first kappa shape index (κ1) is 28.4. The van der Waals surface area contributed by atoms with Crippen molar-refractivity contribution in [1.29, 1.82) is 0 Å². The fraction of sp³-hybridized carbons (Fsp3) is 0.286. The van der Waals surface area contributed by atoms with Crippen LogP contribution < -0.4 is 5.32 Å². The van der Waals surface area contributed by atoms with E-state index in [2.05, 4.69) is 5.32 Å². The summed E-state index contributed by atoms with van der Waals surface area (Å²) in [6.45, 7) is 4.06. The molecule has 36 heavy (non-hydrogen) atoms. The van der Waals surface area contributed by atoms with E-state index >= 15 is 0 Å². The molecule has 0 aromatic heterocycles. The van der Waals surface area contributed by atoms with Gasteiger partial charge in [-0.25, -0.2) is 0 Å². The summed E-state index contributed by atoms with van der Waals surface area (Å²) in [4.78, 5) is 29.7. The molecule has 3 aromatic carbocycles. The van der Waals surface area contributed by atoms with Crippen molar-refractivity contribution in [2.24, 2.45) is 0 Å². The van der Waals surface area contributed by atoms with E-state index in [1.165, 1.54) is 0 Å². The Bertz CT molecular complexity index is 1160. The molecule has 0 saturated heterocycles. The summed E-state index contributed by atoms with van der Waals surface area (Å²) in [6.07, 6.45) is 0.672. The van der Waals surface area contributed by atoms with Gasteiger partial charge in [-0.15, -0.1) is 11.8 Å². The van der Waals surface area contributed by atoms with Crippen LogP contribution >= 0.6 is 46.6 Å². The third kappa shape index (κ3) is 8.74. The van der Waals surface area contributed by atoms with Crippen molar-refractivity contribution >= 4 is 58.4 Å². The Hall–Kier alpha value is -2.18. The average molecular weight is 564 g/mol. The van der Waals surface area contributed by atoms with Crippen LogP contribution in [-0.2, 0) is 22.6 Å². The van der Waals surface area contributed by atoms with Crippen LogP contribution in [0.5, 0.6) is 0 Å². The molecule has 0 saturated carbocycles. The molecule has 190 valence electrons. The van der Waals surface area contributed by atoms with Crippen LogP contribution in [0, 0.1) is 0 Å². The summed E-state index contributed by atoms with van der Waals surface area (Å²) in [5.74, 6) is 0.275. The molecule has 1 atom stereocenters. The number of hydrogen-bond acceptors (Lipinski definition) is 3. The maximum atomic E-state index is 13.6. The minimum Gasteiger partial charge on any atom is -0.352 e. The Balaban J connectivity index is 1.86. The molecule has 4 nitrogen and oxygen atoms in total. The summed E-state index contributed by atoms with van der Waals surface area (Å²) in [5.41, 5.74) is 1.78. The first-order valence-electron chi connectivity index (χ1n) is 11.7. The number of amides is 2. The van der Waals surface area contributed by atoms with Crippen molar-refractivity contribution < 1.29 is 9.59 Å². The lowest BCUT2D eigenvalue weighted by molar-refractivity contribution is -0.141. The highest BCUT2D eigenvalue weighted by Gasteiger charge is 2.30. The van der Waals surface area contributed by atoms with Gasteiger partial charge in [0.2, 0.25) is 11.8 Å². The maximum Gasteiger partial charge on any atom is 0.243 e. The van der Waals surface area contributed by atoms with Gasteiger partial charge in [-0.1, -0.05) is 71.2 Å². The van der Waals surface area contributed by atoms with Gasteiger partial charge in [0.25, 0.3) is 0 Å². The standard InChI is InChI=1S/C28H29Cl3N2O2S/c1-19(2)32-28(35)26(17-20-6-4-3-5-7-20)33(18-21-8-13-24(30)25(31)16-21)27(34)14-15-36-23-11-9-22(29)10-12-23/h3-13,16,19,26H,14-15,17-18H2,1-2H3,(H,32,35). The van der Waals surface area contributed by atoms with E-state index in [0.29, 0.717) is 27.2 Å². The summed E-state index contributed by atoms with van der Waals surface area (Å²) < 4.78 is 0. The van der Waals surface area contributed by atoms with Crippen molar-refractivity contribution in [2.45, 2.75) is 50.2 Å². The second kappa shape index (κ2) is 13.9. The molecule has 8 heteroatoms. The number of carbonyl (C=O) groups excluding carboxylic acids is 2. The number of benzene rings is 3. The molecule has 3 aromatic rings. The largest absolute Gasteiger partial charge is 0.352 e. The maximum absolute atomic E-state index is 13.6. The quantitative estimate of drug-likeness (QED) is 0.249. The molecular weight excluding hydrogens is 535 g/mol. The van der Waals surface area contributed by atoms with E-state index < -0.39 is 6.04 Å². The van der Waals surface area contributed by atoms with Gasteiger partial charge >= 0.3 is 0 Å². The van der Waals surface area contributed by atoms with Crippen molar-refractivity contribution in [3.63, 3.8) is 0 Å². The van der Waals surface area contributed by atoms with Crippen LogP contribution in [0.1, 0.15) is 31.4 Å². The highest BCUT2D eigenvalue weighted by molar-refractivity contribution is 7.99. The summed E-state index contributed by atoms with van der Waals surface area (Å²) in [5, 5.41) is 4.51. The third-order valence-electron chi connectivity index (χ3n) is 5.44. The highest BCUT2D eigenvalue weighted by Crippen LogP contribution is 2.26. The van der Waals surface area contributed by atoms with Gasteiger partial charge in [0.15, 0.2) is 0 Å². The monoisotopic (exact) mass is 562 g/mol. The van der Waals surface area contributed by atoms with E-state index in [0.717, 1.165) is 16.0 Å². The van der Waals surface area contributed by atoms with E-state index in [4.69, 9.17) is 34.8 Å². The van der Waals surface area contributed by atoms with Crippen LogP contribution in [0.15, 0.2) is 77.7 Å². The normalized spacial score (nSPS) is 11.8. The number of nitrogens with zero attached hydrogens (tertiary/aromatic N) is 1. The Morgan fingerprint density at radius 2 is 1.58 bits per heavy atom. The van der Waals surface area contributed by atoms with Crippen LogP contribution in [0.2, 0.25) is 15.1 Å². The lowest BCUT2D eigenvalue weighted by Gasteiger charge is -2.32. The zero-order valence-electron chi connectivity index (χ0n) is 20.2. The van der Waals surface area contributed by atoms with E-state index in [1.54, 1.807) is 28.8 Å². The predicted molar refractivity (Wildman–Crippen MR) is 151 cm³/mol. The fourth-order valence-corrected chi connectivity index (χ4v) is 4.99. The molecule has 3 rings (SSSR count). The van der Waals surface area contributed by atoms with Gasteiger partial charge in [0.1, 0.15) is 6.04 Å². The van der Waals surface area contributed by atoms with Crippen molar-refractivity contribution in [3.05, 3.63) is 99.0 Å². The first-order valence-corrected chi connectivity index (χ1v) is 13.8. The first-order chi connectivity index (χ1) is 17.2. The molecule has 0 heterocycles. The van der Waals surface area contributed by atoms with Gasteiger partial charge in [0.05, 0.1) is 10.0 Å². The van der Waals surface area contributed by atoms with Crippen molar-refractivity contribution in [2.75, 3.05) is 5.75 Å². The molecule has 0 aliphatic carbocycles. The molecule has 0 aliphatic heterocycles.